The molecule has 0 bridgehead atoms. The lowest BCUT2D eigenvalue weighted by Crippen LogP contribution is -2.41. The molecule has 0 unspecified atom stereocenters. The predicted molar refractivity (Wildman–Crippen MR) is 105 cm³/mol. The second-order valence-electron chi connectivity index (χ2n) is 6.27. The summed E-state index contributed by atoms with van der Waals surface area (Å²) in [6, 6.07) is 7.13. The summed E-state index contributed by atoms with van der Waals surface area (Å²) in [5, 5.41) is 2.67. The van der Waals surface area contributed by atoms with Crippen molar-refractivity contribution in [1.82, 2.24) is 5.32 Å². The maximum atomic E-state index is 13.5. The van der Waals surface area contributed by atoms with Crippen molar-refractivity contribution in [2.45, 2.75) is 13.0 Å². The summed E-state index contributed by atoms with van der Waals surface area (Å²) < 4.78 is 62.0. The molecule has 2 rings (SSSR count). The Morgan fingerprint density at radius 3 is 2.34 bits per heavy atom. The summed E-state index contributed by atoms with van der Waals surface area (Å²) in [6.45, 7) is 1.08. The summed E-state index contributed by atoms with van der Waals surface area (Å²) >= 11 is 0. The van der Waals surface area contributed by atoms with Gasteiger partial charge in [-0.25, -0.2) is 17.2 Å². The summed E-state index contributed by atoms with van der Waals surface area (Å²) in [6.07, 6.45) is 0.871. The summed E-state index contributed by atoms with van der Waals surface area (Å²) in [5.41, 5.74) is 0.465. The van der Waals surface area contributed by atoms with Crippen LogP contribution in [0, 0.1) is 11.6 Å². The number of nitrogens with zero attached hydrogens (tertiary/aromatic N) is 1. The molecule has 0 aliphatic heterocycles. The molecule has 0 fully saturated rings. The monoisotopic (exact) mass is 428 g/mol. The molecule has 10 heteroatoms. The number of ether oxygens (including phenoxy) is 2. The van der Waals surface area contributed by atoms with Crippen molar-refractivity contribution in [2.24, 2.45) is 0 Å². The molecule has 0 saturated heterocycles. The van der Waals surface area contributed by atoms with Gasteiger partial charge in [-0.15, -0.1) is 0 Å². The molecule has 29 heavy (non-hydrogen) atoms. The minimum Gasteiger partial charge on any atom is -0.497 e. The molecular formula is C19H22F2N2O5S. The Balaban J connectivity index is 2.23. The van der Waals surface area contributed by atoms with Crippen molar-refractivity contribution in [2.75, 3.05) is 31.3 Å². The van der Waals surface area contributed by atoms with E-state index < -0.39 is 40.2 Å². The molecule has 1 atom stereocenters. The molecule has 1 N–H and O–H groups in total. The first-order valence-corrected chi connectivity index (χ1v) is 10.4. The van der Waals surface area contributed by atoms with Crippen LogP contribution in [0.2, 0.25) is 0 Å². The minimum atomic E-state index is -3.93. The van der Waals surface area contributed by atoms with Crippen molar-refractivity contribution < 1.29 is 31.5 Å². The van der Waals surface area contributed by atoms with E-state index in [1.54, 1.807) is 25.1 Å². The van der Waals surface area contributed by atoms with Crippen LogP contribution in [0.25, 0.3) is 0 Å². The summed E-state index contributed by atoms with van der Waals surface area (Å²) in [4.78, 5) is 12.5. The highest BCUT2D eigenvalue weighted by atomic mass is 32.2. The predicted octanol–water partition coefficient (Wildman–Crippen LogP) is 2.63. The number of methoxy groups -OCH3 is 2. The van der Waals surface area contributed by atoms with E-state index in [2.05, 4.69) is 5.32 Å². The molecule has 0 spiro atoms. The Kier molecular flexibility index (Phi) is 7.02. The zero-order chi connectivity index (χ0) is 21.8. The normalized spacial score (nSPS) is 12.2. The summed E-state index contributed by atoms with van der Waals surface area (Å²) in [7, 11) is -0.947. The van der Waals surface area contributed by atoms with E-state index in [0.717, 1.165) is 24.5 Å². The Morgan fingerprint density at radius 2 is 1.79 bits per heavy atom. The molecular weight excluding hydrogens is 406 g/mol. The maximum absolute atomic E-state index is 13.5. The van der Waals surface area contributed by atoms with Crippen molar-refractivity contribution >= 4 is 21.6 Å². The lowest BCUT2D eigenvalue weighted by Gasteiger charge is -2.24. The van der Waals surface area contributed by atoms with Crippen molar-refractivity contribution in [3.05, 3.63) is 53.6 Å². The Hall–Kier alpha value is -2.88. The van der Waals surface area contributed by atoms with E-state index in [4.69, 9.17) is 9.47 Å². The SMILES string of the molecule is COc1ccc(OC)c([C@H](C)NC(=O)CN(c2ccc(F)c(F)c2)S(C)(=O)=O)c1. The molecule has 0 heterocycles. The van der Waals surface area contributed by atoms with Crippen LogP contribution in [0.4, 0.5) is 14.5 Å². The lowest BCUT2D eigenvalue weighted by molar-refractivity contribution is -0.120. The average molecular weight is 428 g/mol. The molecule has 0 radical (unpaired) electrons. The Labute approximate surface area is 168 Å². The largest absolute Gasteiger partial charge is 0.497 e. The van der Waals surface area contributed by atoms with Crippen LogP contribution in [-0.4, -0.2) is 41.3 Å². The Bertz CT molecular complexity index is 998. The molecule has 1 amide bonds. The quantitative estimate of drug-likeness (QED) is 0.699. The van der Waals surface area contributed by atoms with Gasteiger partial charge in [0.25, 0.3) is 0 Å². The zero-order valence-corrected chi connectivity index (χ0v) is 17.2. The third-order valence-electron chi connectivity index (χ3n) is 4.16. The van der Waals surface area contributed by atoms with E-state index in [9.17, 15) is 22.0 Å². The van der Waals surface area contributed by atoms with Gasteiger partial charge in [-0.2, -0.15) is 0 Å². The average Bonchev–Trinajstić information content (AvgIpc) is 2.66. The molecule has 2 aromatic rings. The molecule has 0 aliphatic rings. The number of anilines is 1. The first kappa shape index (κ1) is 22.4. The third kappa shape index (κ3) is 5.57. The number of hydrogen-bond acceptors (Lipinski definition) is 5. The molecule has 0 saturated carbocycles. The van der Waals surface area contributed by atoms with Crippen LogP contribution in [0.1, 0.15) is 18.5 Å². The van der Waals surface area contributed by atoms with Gasteiger partial charge in [0.15, 0.2) is 11.6 Å². The zero-order valence-electron chi connectivity index (χ0n) is 16.4. The summed E-state index contributed by atoms with van der Waals surface area (Å²) in [5.74, 6) is -1.91. The smallest absolute Gasteiger partial charge is 0.241 e. The fourth-order valence-electron chi connectivity index (χ4n) is 2.71. The third-order valence-corrected chi connectivity index (χ3v) is 5.30. The van der Waals surface area contributed by atoms with Gasteiger partial charge >= 0.3 is 0 Å². The molecule has 0 aromatic heterocycles. The number of amides is 1. The van der Waals surface area contributed by atoms with Crippen molar-refractivity contribution in [3.63, 3.8) is 0 Å². The number of benzene rings is 2. The number of carbonyl (C=O) groups is 1. The first-order chi connectivity index (χ1) is 13.6. The van der Waals surface area contributed by atoms with Gasteiger partial charge in [0.1, 0.15) is 18.0 Å². The number of carbonyl (C=O) groups excluding carboxylic acids is 1. The van der Waals surface area contributed by atoms with Gasteiger partial charge in [0.2, 0.25) is 15.9 Å². The lowest BCUT2D eigenvalue weighted by atomic mass is 10.1. The van der Waals surface area contributed by atoms with Crippen LogP contribution >= 0.6 is 0 Å². The van der Waals surface area contributed by atoms with Gasteiger partial charge in [-0.1, -0.05) is 0 Å². The highest BCUT2D eigenvalue weighted by Gasteiger charge is 2.24. The fourth-order valence-corrected chi connectivity index (χ4v) is 3.56. The number of rotatable bonds is 8. The van der Waals surface area contributed by atoms with Crippen LogP contribution in [-0.2, 0) is 14.8 Å². The highest BCUT2D eigenvalue weighted by molar-refractivity contribution is 7.92. The van der Waals surface area contributed by atoms with Crippen LogP contribution in [0.15, 0.2) is 36.4 Å². The van der Waals surface area contributed by atoms with Gasteiger partial charge in [0, 0.05) is 11.6 Å². The van der Waals surface area contributed by atoms with E-state index >= 15 is 0 Å². The number of halogens is 2. The molecule has 158 valence electrons. The number of hydrogen-bond donors (Lipinski definition) is 1. The maximum Gasteiger partial charge on any atom is 0.241 e. The topological polar surface area (TPSA) is 84.9 Å². The first-order valence-electron chi connectivity index (χ1n) is 8.51. The second kappa shape index (κ2) is 9.08. The van der Waals surface area contributed by atoms with E-state index in [0.29, 0.717) is 21.4 Å². The second-order valence-corrected chi connectivity index (χ2v) is 8.17. The van der Waals surface area contributed by atoms with Crippen molar-refractivity contribution in [3.8, 4) is 11.5 Å². The highest BCUT2D eigenvalue weighted by Crippen LogP contribution is 2.29. The molecule has 2 aromatic carbocycles. The van der Waals surface area contributed by atoms with E-state index in [1.807, 2.05) is 0 Å². The van der Waals surface area contributed by atoms with Gasteiger partial charge in [-0.3, -0.25) is 9.10 Å². The van der Waals surface area contributed by atoms with Crippen LogP contribution in [0.5, 0.6) is 11.5 Å². The number of sulfonamides is 1. The van der Waals surface area contributed by atoms with E-state index in [-0.39, 0.29) is 5.69 Å². The molecule has 0 aliphatic carbocycles. The van der Waals surface area contributed by atoms with Crippen LogP contribution in [0.3, 0.4) is 0 Å². The Morgan fingerprint density at radius 1 is 1.10 bits per heavy atom. The van der Waals surface area contributed by atoms with Gasteiger partial charge < -0.3 is 14.8 Å². The number of nitrogens with one attached hydrogen (secondary N) is 1. The minimum absolute atomic E-state index is 0.159. The standard InChI is InChI=1S/C19H22F2N2O5S/c1-12(15-10-14(27-2)6-8-18(15)28-3)22-19(24)11-23(29(4,25)26)13-5-7-16(20)17(21)9-13/h5-10,12H,11H2,1-4H3,(H,22,24)/t12-/m0/s1. The van der Waals surface area contributed by atoms with Gasteiger partial charge in [-0.05, 0) is 37.3 Å². The molecule has 7 nitrogen and oxygen atoms in total. The van der Waals surface area contributed by atoms with E-state index in [1.165, 1.54) is 14.2 Å². The fraction of sp³-hybridized carbons (Fsp3) is 0.316. The van der Waals surface area contributed by atoms with Crippen LogP contribution < -0.4 is 19.1 Å². The van der Waals surface area contributed by atoms with Gasteiger partial charge in [0.05, 0.1) is 32.2 Å². The van der Waals surface area contributed by atoms with Crippen molar-refractivity contribution in [1.29, 1.82) is 0 Å².